The van der Waals surface area contributed by atoms with Gasteiger partial charge in [0, 0.05) is 6.54 Å². The van der Waals surface area contributed by atoms with Crippen LogP contribution in [-0.4, -0.2) is 29.5 Å². The van der Waals surface area contributed by atoms with Crippen LogP contribution in [0.2, 0.25) is 0 Å². The Labute approximate surface area is 93.2 Å². The lowest BCUT2D eigenvalue weighted by Gasteiger charge is -2.10. The summed E-state index contributed by atoms with van der Waals surface area (Å²) in [5.74, 6) is 0.438. The first kappa shape index (κ1) is 10.8. The third-order valence-electron chi connectivity index (χ3n) is 2.70. The van der Waals surface area contributed by atoms with Gasteiger partial charge in [-0.2, -0.15) is 0 Å². The molecule has 0 aliphatic carbocycles. The van der Waals surface area contributed by atoms with Crippen LogP contribution in [0, 0.1) is 16.0 Å². The molecule has 0 unspecified atom stereocenters. The van der Waals surface area contributed by atoms with Crippen molar-refractivity contribution in [2.45, 2.75) is 6.42 Å². The van der Waals surface area contributed by atoms with Gasteiger partial charge in [0.2, 0.25) is 0 Å². The summed E-state index contributed by atoms with van der Waals surface area (Å²) >= 11 is 0. The Hall–Kier alpha value is -1.69. The second-order valence-corrected chi connectivity index (χ2v) is 3.87. The number of hydrogen-bond donors (Lipinski definition) is 2. The number of hydrogen-bond acceptors (Lipinski definition) is 5. The molecule has 1 aliphatic heterocycles. The number of nitrogens with one attached hydrogen (secondary N) is 2. The van der Waals surface area contributed by atoms with E-state index in [9.17, 15) is 10.1 Å². The molecule has 1 aromatic rings. The summed E-state index contributed by atoms with van der Waals surface area (Å²) in [4.78, 5) is 14.0. The summed E-state index contributed by atoms with van der Waals surface area (Å²) in [6, 6.07) is 3.38. The summed E-state index contributed by atoms with van der Waals surface area (Å²) in [5.41, 5.74) is 0.499. The Morgan fingerprint density at radius 2 is 2.56 bits per heavy atom. The molecule has 16 heavy (non-hydrogen) atoms. The van der Waals surface area contributed by atoms with E-state index in [1.807, 2.05) is 0 Å². The predicted molar refractivity (Wildman–Crippen MR) is 60.4 cm³/mol. The SMILES string of the molecule is O=[N+]([O-])c1ncccc1NC[C@@H]1CCNC1. The maximum atomic E-state index is 10.7. The second-order valence-electron chi connectivity index (χ2n) is 3.87. The average molecular weight is 222 g/mol. The normalized spacial score (nSPS) is 19.6. The molecule has 0 radical (unpaired) electrons. The highest BCUT2D eigenvalue weighted by Gasteiger charge is 2.17. The fourth-order valence-electron chi connectivity index (χ4n) is 1.82. The first-order valence-electron chi connectivity index (χ1n) is 5.31. The van der Waals surface area contributed by atoms with Crippen LogP contribution in [0.3, 0.4) is 0 Å². The molecule has 1 fully saturated rings. The van der Waals surface area contributed by atoms with E-state index in [2.05, 4.69) is 15.6 Å². The van der Waals surface area contributed by atoms with Crippen molar-refractivity contribution in [2.24, 2.45) is 5.92 Å². The Bertz CT molecular complexity index is 377. The Morgan fingerprint density at radius 1 is 1.69 bits per heavy atom. The third kappa shape index (κ3) is 2.46. The number of nitro groups is 1. The minimum absolute atomic E-state index is 0.103. The topological polar surface area (TPSA) is 80.1 Å². The lowest BCUT2D eigenvalue weighted by atomic mass is 10.1. The van der Waals surface area contributed by atoms with Crippen LogP contribution in [0.5, 0.6) is 0 Å². The van der Waals surface area contributed by atoms with E-state index in [1.54, 1.807) is 12.1 Å². The molecule has 0 amide bonds. The van der Waals surface area contributed by atoms with Gasteiger partial charge in [0.15, 0.2) is 0 Å². The maximum absolute atomic E-state index is 10.7. The zero-order valence-corrected chi connectivity index (χ0v) is 8.85. The van der Waals surface area contributed by atoms with E-state index in [0.717, 1.165) is 26.1 Å². The fraction of sp³-hybridized carbons (Fsp3) is 0.500. The van der Waals surface area contributed by atoms with Gasteiger partial charge in [0.25, 0.3) is 0 Å². The minimum atomic E-state index is -0.463. The first-order valence-corrected chi connectivity index (χ1v) is 5.31. The van der Waals surface area contributed by atoms with E-state index in [1.165, 1.54) is 6.20 Å². The number of nitrogens with zero attached hydrogens (tertiary/aromatic N) is 2. The van der Waals surface area contributed by atoms with Gasteiger partial charge < -0.3 is 20.7 Å². The number of pyridine rings is 1. The second kappa shape index (κ2) is 4.89. The molecule has 1 aromatic heterocycles. The van der Waals surface area contributed by atoms with Crippen molar-refractivity contribution in [1.29, 1.82) is 0 Å². The minimum Gasteiger partial charge on any atom is -0.378 e. The lowest BCUT2D eigenvalue weighted by Crippen LogP contribution is -2.17. The highest BCUT2D eigenvalue weighted by atomic mass is 16.6. The molecule has 1 atom stereocenters. The van der Waals surface area contributed by atoms with Crippen LogP contribution in [0.4, 0.5) is 11.5 Å². The summed E-state index contributed by atoms with van der Waals surface area (Å²) in [5, 5.41) is 17.1. The highest BCUT2D eigenvalue weighted by Crippen LogP contribution is 2.20. The van der Waals surface area contributed by atoms with E-state index in [0.29, 0.717) is 11.6 Å². The molecule has 0 bridgehead atoms. The summed E-state index contributed by atoms with van der Waals surface area (Å²) < 4.78 is 0. The highest BCUT2D eigenvalue weighted by molar-refractivity contribution is 5.56. The van der Waals surface area contributed by atoms with Crippen LogP contribution < -0.4 is 10.6 Å². The summed E-state index contributed by atoms with van der Waals surface area (Å²) in [6.45, 7) is 2.75. The van der Waals surface area contributed by atoms with Crippen LogP contribution in [-0.2, 0) is 0 Å². The van der Waals surface area contributed by atoms with E-state index in [4.69, 9.17) is 0 Å². The fourth-order valence-corrected chi connectivity index (χ4v) is 1.82. The van der Waals surface area contributed by atoms with Crippen molar-refractivity contribution in [3.05, 3.63) is 28.4 Å². The van der Waals surface area contributed by atoms with Gasteiger partial charge in [-0.1, -0.05) is 0 Å². The van der Waals surface area contributed by atoms with Crippen LogP contribution >= 0.6 is 0 Å². The van der Waals surface area contributed by atoms with Gasteiger partial charge >= 0.3 is 5.82 Å². The zero-order chi connectivity index (χ0) is 11.4. The van der Waals surface area contributed by atoms with Crippen molar-refractivity contribution >= 4 is 11.5 Å². The summed E-state index contributed by atoms with van der Waals surface area (Å²) in [6.07, 6.45) is 2.54. The van der Waals surface area contributed by atoms with Gasteiger partial charge in [-0.3, -0.25) is 0 Å². The van der Waals surface area contributed by atoms with Crippen LogP contribution in [0.1, 0.15) is 6.42 Å². The van der Waals surface area contributed by atoms with E-state index in [-0.39, 0.29) is 5.82 Å². The predicted octanol–water partition coefficient (Wildman–Crippen LogP) is 1.01. The van der Waals surface area contributed by atoms with Crippen LogP contribution in [0.25, 0.3) is 0 Å². The molecule has 2 rings (SSSR count). The average Bonchev–Trinajstić information content (AvgIpc) is 2.79. The smallest absolute Gasteiger partial charge is 0.378 e. The Kier molecular flexibility index (Phi) is 3.31. The number of anilines is 1. The first-order chi connectivity index (χ1) is 7.77. The molecular weight excluding hydrogens is 208 g/mol. The van der Waals surface area contributed by atoms with Gasteiger partial charge in [-0.05, 0) is 47.5 Å². The van der Waals surface area contributed by atoms with Gasteiger partial charge in [-0.15, -0.1) is 0 Å². The Morgan fingerprint density at radius 3 is 3.25 bits per heavy atom. The molecule has 2 N–H and O–H groups in total. The number of aromatic nitrogens is 1. The van der Waals surface area contributed by atoms with Crippen molar-refractivity contribution in [1.82, 2.24) is 10.3 Å². The molecule has 86 valence electrons. The molecule has 6 heteroatoms. The Balaban J connectivity index is 2.00. The van der Waals surface area contributed by atoms with Crippen LogP contribution in [0.15, 0.2) is 18.3 Å². The molecule has 0 aromatic carbocycles. The van der Waals surface area contributed by atoms with Crippen molar-refractivity contribution in [3.63, 3.8) is 0 Å². The molecule has 1 aliphatic rings. The molecule has 6 nitrogen and oxygen atoms in total. The number of rotatable bonds is 4. The van der Waals surface area contributed by atoms with Crippen molar-refractivity contribution < 1.29 is 4.92 Å². The largest absolute Gasteiger partial charge is 0.386 e. The standard InChI is InChI=1S/C10H14N4O2/c15-14(16)10-9(2-1-4-12-10)13-7-8-3-5-11-6-8/h1-2,4,8,11,13H,3,5-7H2/t8-/m1/s1. The van der Waals surface area contributed by atoms with Gasteiger partial charge in [0.1, 0.15) is 11.9 Å². The third-order valence-corrected chi connectivity index (χ3v) is 2.70. The zero-order valence-electron chi connectivity index (χ0n) is 8.85. The molecular formula is C10H14N4O2. The quantitative estimate of drug-likeness (QED) is 0.587. The molecule has 0 saturated carbocycles. The summed E-state index contributed by atoms with van der Waals surface area (Å²) in [7, 11) is 0. The van der Waals surface area contributed by atoms with E-state index < -0.39 is 4.92 Å². The monoisotopic (exact) mass is 222 g/mol. The molecule has 0 spiro atoms. The van der Waals surface area contributed by atoms with Crippen molar-refractivity contribution in [2.75, 3.05) is 25.0 Å². The molecule has 2 heterocycles. The van der Waals surface area contributed by atoms with Gasteiger partial charge in [-0.25, -0.2) is 0 Å². The van der Waals surface area contributed by atoms with Gasteiger partial charge in [0.05, 0.1) is 0 Å². The van der Waals surface area contributed by atoms with Crippen molar-refractivity contribution in [3.8, 4) is 0 Å². The lowest BCUT2D eigenvalue weighted by molar-refractivity contribution is -0.388. The van der Waals surface area contributed by atoms with E-state index >= 15 is 0 Å². The maximum Gasteiger partial charge on any atom is 0.386 e. The molecule has 1 saturated heterocycles.